The Morgan fingerprint density at radius 1 is 1.39 bits per heavy atom. The van der Waals surface area contributed by atoms with E-state index in [1.807, 2.05) is 13.0 Å². The minimum atomic E-state index is -3.66. The molecule has 1 aromatic rings. The molecule has 0 spiro atoms. The molecule has 0 amide bonds. The summed E-state index contributed by atoms with van der Waals surface area (Å²) in [6.07, 6.45) is 0.666. The van der Waals surface area contributed by atoms with Crippen molar-refractivity contribution >= 4 is 9.84 Å². The molecule has 0 aliphatic carbocycles. The highest BCUT2D eigenvalue weighted by molar-refractivity contribution is 7.93. The van der Waals surface area contributed by atoms with E-state index in [0.29, 0.717) is 12.2 Å². The summed E-state index contributed by atoms with van der Waals surface area (Å²) >= 11 is 0. The van der Waals surface area contributed by atoms with Gasteiger partial charge in [0, 0.05) is 0 Å². The predicted molar refractivity (Wildman–Crippen MR) is 69.2 cm³/mol. The Morgan fingerprint density at radius 2 is 2.00 bits per heavy atom. The summed E-state index contributed by atoms with van der Waals surface area (Å²) in [7, 11) is -2.12. The van der Waals surface area contributed by atoms with Crippen LogP contribution in [0, 0.1) is 11.3 Å². The maximum absolute atomic E-state index is 12.3. The van der Waals surface area contributed by atoms with Gasteiger partial charge in [-0.3, -0.25) is 0 Å². The SMILES string of the molecule is CCc1cc(S(=O)(=O)C(C)(C)C#N)ccc1OC. The van der Waals surface area contributed by atoms with Crippen LogP contribution in [0.2, 0.25) is 0 Å². The number of aryl methyl sites for hydroxylation is 1. The molecule has 0 bridgehead atoms. The molecular weight excluding hydrogens is 250 g/mol. The molecule has 0 unspecified atom stereocenters. The lowest BCUT2D eigenvalue weighted by atomic mass is 10.1. The van der Waals surface area contributed by atoms with E-state index in [0.717, 1.165) is 5.56 Å². The summed E-state index contributed by atoms with van der Waals surface area (Å²) in [4.78, 5) is 0.159. The lowest BCUT2D eigenvalue weighted by Crippen LogP contribution is -2.30. The van der Waals surface area contributed by atoms with Gasteiger partial charge in [-0.1, -0.05) is 6.92 Å². The van der Waals surface area contributed by atoms with Gasteiger partial charge in [-0.2, -0.15) is 5.26 Å². The monoisotopic (exact) mass is 267 g/mol. The fourth-order valence-electron chi connectivity index (χ4n) is 1.55. The topological polar surface area (TPSA) is 67.2 Å². The summed E-state index contributed by atoms with van der Waals surface area (Å²) in [5, 5.41) is 8.96. The lowest BCUT2D eigenvalue weighted by Gasteiger charge is -2.17. The number of rotatable bonds is 4. The number of ether oxygens (including phenoxy) is 1. The van der Waals surface area contributed by atoms with Crippen LogP contribution >= 0.6 is 0 Å². The van der Waals surface area contributed by atoms with Crippen molar-refractivity contribution in [3.8, 4) is 11.8 Å². The second-order valence-electron chi connectivity index (χ2n) is 4.45. The van der Waals surface area contributed by atoms with Crippen molar-refractivity contribution < 1.29 is 13.2 Å². The fraction of sp³-hybridized carbons (Fsp3) is 0.462. The molecule has 0 atom stereocenters. The molecule has 0 heterocycles. The van der Waals surface area contributed by atoms with Crippen LogP contribution in [0.5, 0.6) is 5.75 Å². The number of nitriles is 1. The van der Waals surface area contributed by atoms with Gasteiger partial charge in [0.05, 0.1) is 18.1 Å². The minimum absolute atomic E-state index is 0.159. The molecule has 1 rings (SSSR count). The van der Waals surface area contributed by atoms with E-state index in [1.165, 1.54) is 19.9 Å². The van der Waals surface area contributed by atoms with E-state index < -0.39 is 14.6 Å². The van der Waals surface area contributed by atoms with Crippen LogP contribution in [-0.2, 0) is 16.3 Å². The van der Waals surface area contributed by atoms with Crippen molar-refractivity contribution in [1.82, 2.24) is 0 Å². The first-order valence-electron chi connectivity index (χ1n) is 5.63. The highest BCUT2D eigenvalue weighted by Crippen LogP contribution is 2.29. The first-order valence-corrected chi connectivity index (χ1v) is 7.11. The average molecular weight is 267 g/mol. The number of benzene rings is 1. The Morgan fingerprint density at radius 3 is 2.44 bits per heavy atom. The van der Waals surface area contributed by atoms with Crippen LogP contribution < -0.4 is 4.74 Å². The third kappa shape index (κ3) is 2.34. The van der Waals surface area contributed by atoms with Crippen LogP contribution in [0.4, 0.5) is 0 Å². The van der Waals surface area contributed by atoms with E-state index in [1.54, 1.807) is 19.2 Å². The lowest BCUT2D eigenvalue weighted by molar-refractivity contribution is 0.409. The molecule has 0 aromatic heterocycles. The van der Waals surface area contributed by atoms with Gasteiger partial charge in [0.1, 0.15) is 5.75 Å². The molecule has 0 fully saturated rings. The Balaban J connectivity index is 3.41. The zero-order valence-electron chi connectivity index (χ0n) is 11.0. The zero-order chi connectivity index (χ0) is 14.0. The van der Waals surface area contributed by atoms with E-state index in [2.05, 4.69) is 0 Å². The normalized spacial score (nSPS) is 11.9. The number of hydrogen-bond donors (Lipinski definition) is 0. The maximum Gasteiger partial charge on any atom is 0.196 e. The van der Waals surface area contributed by atoms with Crippen molar-refractivity contribution in [2.24, 2.45) is 0 Å². The van der Waals surface area contributed by atoms with Gasteiger partial charge in [-0.25, -0.2) is 8.42 Å². The molecular formula is C13H17NO3S. The molecule has 0 aliphatic rings. The van der Waals surface area contributed by atoms with Gasteiger partial charge in [0.25, 0.3) is 0 Å². The average Bonchev–Trinajstić information content (AvgIpc) is 2.37. The minimum Gasteiger partial charge on any atom is -0.496 e. The smallest absolute Gasteiger partial charge is 0.196 e. The van der Waals surface area contributed by atoms with E-state index in [9.17, 15) is 8.42 Å². The quantitative estimate of drug-likeness (QED) is 0.839. The molecule has 4 nitrogen and oxygen atoms in total. The van der Waals surface area contributed by atoms with Gasteiger partial charge in [0.15, 0.2) is 14.6 Å². The van der Waals surface area contributed by atoms with Gasteiger partial charge >= 0.3 is 0 Å². The van der Waals surface area contributed by atoms with Crippen LogP contribution in [0.1, 0.15) is 26.3 Å². The Hall–Kier alpha value is -1.54. The summed E-state index contributed by atoms with van der Waals surface area (Å²) in [6.45, 7) is 4.72. The van der Waals surface area contributed by atoms with E-state index >= 15 is 0 Å². The van der Waals surface area contributed by atoms with Crippen molar-refractivity contribution in [2.45, 2.75) is 36.8 Å². The molecule has 0 aliphatic heterocycles. The molecule has 98 valence electrons. The zero-order valence-corrected chi connectivity index (χ0v) is 11.8. The van der Waals surface area contributed by atoms with Crippen LogP contribution in [0.15, 0.2) is 23.1 Å². The Labute approximate surface area is 108 Å². The largest absolute Gasteiger partial charge is 0.496 e. The number of sulfone groups is 1. The summed E-state index contributed by atoms with van der Waals surface area (Å²) in [6, 6.07) is 6.51. The Bertz CT molecular complexity index is 583. The van der Waals surface area contributed by atoms with Gasteiger partial charge < -0.3 is 4.74 Å². The molecule has 1 aromatic carbocycles. The summed E-state index contributed by atoms with van der Waals surface area (Å²) in [5.74, 6) is 0.659. The molecule has 0 N–H and O–H groups in total. The first-order chi connectivity index (χ1) is 8.30. The van der Waals surface area contributed by atoms with Crippen molar-refractivity contribution in [1.29, 1.82) is 5.26 Å². The molecule has 0 saturated carbocycles. The second-order valence-corrected chi connectivity index (χ2v) is 6.95. The summed E-state index contributed by atoms with van der Waals surface area (Å²) in [5.41, 5.74) is 0.812. The predicted octanol–water partition coefficient (Wildman–Crippen LogP) is 2.33. The molecule has 5 heteroatoms. The van der Waals surface area contributed by atoms with Crippen molar-refractivity contribution in [2.75, 3.05) is 7.11 Å². The Kier molecular flexibility index (Phi) is 4.02. The highest BCUT2D eigenvalue weighted by atomic mass is 32.2. The fourth-order valence-corrected chi connectivity index (χ4v) is 2.81. The maximum atomic E-state index is 12.3. The van der Waals surface area contributed by atoms with E-state index in [4.69, 9.17) is 10.00 Å². The molecule has 18 heavy (non-hydrogen) atoms. The van der Waals surface area contributed by atoms with E-state index in [-0.39, 0.29) is 4.90 Å². The molecule has 0 radical (unpaired) electrons. The molecule has 0 saturated heterocycles. The van der Waals surface area contributed by atoms with Gasteiger partial charge in [0.2, 0.25) is 0 Å². The number of hydrogen-bond acceptors (Lipinski definition) is 4. The van der Waals surface area contributed by atoms with Crippen molar-refractivity contribution in [3.05, 3.63) is 23.8 Å². The summed E-state index contributed by atoms with van der Waals surface area (Å²) < 4.78 is 28.3. The number of nitrogens with zero attached hydrogens (tertiary/aromatic N) is 1. The third-order valence-electron chi connectivity index (χ3n) is 2.88. The first kappa shape index (κ1) is 14.5. The third-order valence-corrected chi connectivity index (χ3v) is 5.19. The standard InChI is InChI=1S/C13H17NO3S/c1-5-10-8-11(6-7-12(10)17-4)18(15,16)13(2,3)9-14/h6-8H,5H2,1-4H3. The van der Waals surface area contributed by atoms with Gasteiger partial charge in [-0.05, 0) is 44.0 Å². The van der Waals surface area contributed by atoms with Crippen LogP contribution in [-0.4, -0.2) is 20.3 Å². The second kappa shape index (κ2) is 4.99. The van der Waals surface area contributed by atoms with Crippen LogP contribution in [0.3, 0.4) is 0 Å². The number of methoxy groups -OCH3 is 1. The van der Waals surface area contributed by atoms with Crippen LogP contribution in [0.25, 0.3) is 0 Å². The van der Waals surface area contributed by atoms with Gasteiger partial charge in [-0.15, -0.1) is 0 Å². The highest BCUT2D eigenvalue weighted by Gasteiger charge is 2.36. The van der Waals surface area contributed by atoms with Crippen molar-refractivity contribution in [3.63, 3.8) is 0 Å².